The Morgan fingerprint density at radius 2 is 1.93 bits per heavy atom. The van der Waals surface area contributed by atoms with Crippen molar-refractivity contribution in [3.05, 3.63) is 0 Å². The zero-order valence-corrected chi connectivity index (χ0v) is 9.24. The fourth-order valence-corrected chi connectivity index (χ4v) is 2.41. The van der Waals surface area contributed by atoms with Crippen LogP contribution in [-0.2, 0) is 4.74 Å². The van der Waals surface area contributed by atoms with Crippen LogP contribution in [0.1, 0.15) is 19.3 Å². The number of hydrogen-bond donors (Lipinski definition) is 0. The number of likely N-dealkylation sites (tertiary alicyclic amines) is 1. The van der Waals surface area contributed by atoms with Crippen molar-refractivity contribution in [3.63, 3.8) is 0 Å². The molecule has 14 heavy (non-hydrogen) atoms. The summed E-state index contributed by atoms with van der Waals surface area (Å²) in [5.41, 5.74) is 0. The molecule has 0 aromatic heterocycles. The summed E-state index contributed by atoms with van der Waals surface area (Å²) in [7, 11) is 2.19. The van der Waals surface area contributed by atoms with E-state index >= 15 is 0 Å². The Labute approximate surface area is 87.0 Å². The van der Waals surface area contributed by atoms with Crippen LogP contribution < -0.4 is 0 Å². The van der Waals surface area contributed by atoms with Crippen LogP contribution in [0.15, 0.2) is 0 Å². The van der Waals surface area contributed by atoms with Gasteiger partial charge in [0.15, 0.2) is 0 Å². The van der Waals surface area contributed by atoms with Crippen molar-refractivity contribution in [3.8, 4) is 0 Å². The van der Waals surface area contributed by atoms with Gasteiger partial charge in [0.2, 0.25) is 0 Å². The molecular weight excluding hydrogens is 176 g/mol. The zero-order chi connectivity index (χ0) is 9.80. The van der Waals surface area contributed by atoms with Crippen LogP contribution in [0.2, 0.25) is 0 Å². The van der Waals surface area contributed by atoms with Crippen molar-refractivity contribution < 1.29 is 4.74 Å². The van der Waals surface area contributed by atoms with Crippen molar-refractivity contribution in [1.82, 2.24) is 9.80 Å². The van der Waals surface area contributed by atoms with Crippen LogP contribution in [0.5, 0.6) is 0 Å². The van der Waals surface area contributed by atoms with E-state index in [1.54, 1.807) is 0 Å². The molecule has 0 spiro atoms. The Bertz CT molecular complexity index is 169. The summed E-state index contributed by atoms with van der Waals surface area (Å²) in [6.07, 6.45) is 4.62. The van der Waals surface area contributed by atoms with Gasteiger partial charge in [0.05, 0.1) is 12.7 Å². The molecule has 0 amide bonds. The second-order valence-electron chi connectivity index (χ2n) is 4.62. The van der Waals surface area contributed by atoms with Crippen LogP contribution in [0.4, 0.5) is 0 Å². The summed E-state index contributed by atoms with van der Waals surface area (Å²) in [4.78, 5) is 4.94. The zero-order valence-electron chi connectivity index (χ0n) is 9.24. The summed E-state index contributed by atoms with van der Waals surface area (Å²) in [5.74, 6) is 0. The number of hydrogen-bond acceptors (Lipinski definition) is 3. The van der Waals surface area contributed by atoms with Gasteiger partial charge in [-0.2, -0.15) is 0 Å². The largest absolute Gasteiger partial charge is 0.374 e. The van der Waals surface area contributed by atoms with Gasteiger partial charge in [-0.25, -0.2) is 0 Å². The third-order valence-corrected chi connectivity index (χ3v) is 3.25. The first-order chi connectivity index (χ1) is 6.84. The lowest BCUT2D eigenvalue weighted by molar-refractivity contribution is -0.0376. The highest BCUT2D eigenvalue weighted by atomic mass is 16.5. The third-order valence-electron chi connectivity index (χ3n) is 3.25. The number of piperidine rings is 1. The highest BCUT2D eigenvalue weighted by Crippen LogP contribution is 2.11. The molecular formula is C11H22N2O. The van der Waals surface area contributed by atoms with E-state index in [0.717, 1.165) is 26.2 Å². The maximum atomic E-state index is 5.77. The second kappa shape index (κ2) is 5.10. The van der Waals surface area contributed by atoms with Gasteiger partial charge in [-0.1, -0.05) is 6.42 Å². The molecule has 3 heteroatoms. The second-order valence-corrected chi connectivity index (χ2v) is 4.62. The molecule has 2 aliphatic heterocycles. The van der Waals surface area contributed by atoms with Crippen molar-refractivity contribution in [1.29, 1.82) is 0 Å². The van der Waals surface area contributed by atoms with E-state index in [0.29, 0.717) is 6.10 Å². The Balaban J connectivity index is 1.72. The molecule has 82 valence electrons. The van der Waals surface area contributed by atoms with Gasteiger partial charge >= 0.3 is 0 Å². The molecule has 0 radical (unpaired) electrons. The standard InChI is InChI=1S/C11H22N2O/c1-12-7-8-14-11(9-12)10-13-5-3-2-4-6-13/h11H,2-10H2,1H3. The monoisotopic (exact) mass is 198 g/mol. The molecule has 2 fully saturated rings. The topological polar surface area (TPSA) is 15.7 Å². The number of morpholine rings is 1. The maximum absolute atomic E-state index is 5.77. The minimum atomic E-state index is 0.451. The van der Waals surface area contributed by atoms with Gasteiger partial charge in [-0.15, -0.1) is 0 Å². The number of likely N-dealkylation sites (N-methyl/N-ethyl adjacent to an activating group) is 1. The first-order valence-corrected chi connectivity index (χ1v) is 5.87. The average molecular weight is 198 g/mol. The van der Waals surface area contributed by atoms with Gasteiger partial charge in [0.25, 0.3) is 0 Å². The van der Waals surface area contributed by atoms with E-state index in [9.17, 15) is 0 Å². The van der Waals surface area contributed by atoms with E-state index in [-0.39, 0.29) is 0 Å². The molecule has 2 rings (SSSR count). The molecule has 3 nitrogen and oxygen atoms in total. The van der Waals surface area contributed by atoms with Gasteiger partial charge in [-0.3, -0.25) is 0 Å². The molecule has 0 saturated carbocycles. The van der Waals surface area contributed by atoms with Crippen molar-refractivity contribution >= 4 is 0 Å². The predicted molar refractivity (Wildman–Crippen MR) is 57.5 cm³/mol. The van der Waals surface area contributed by atoms with Crippen LogP contribution in [0, 0.1) is 0 Å². The van der Waals surface area contributed by atoms with Gasteiger partial charge < -0.3 is 14.5 Å². The summed E-state index contributed by atoms with van der Waals surface area (Å²) in [5, 5.41) is 0. The van der Waals surface area contributed by atoms with Crippen molar-refractivity contribution in [2.75, 3.05) is 46.4 Å². The fraction of sp³-hybridized carbons (Fsp3) is 1.00. The van der Waals surface area contributed by atoms with E-state index in [1.165, 1.54) is 32.4 Å². The first kappa shape index (κ1) is 10.4. The molecule has 1 atom stereocenters. The van der Waals surface area contributed by atoms with Gasteiger partial charge in [0, 0.05) is 19.6 Å². The molecule has 0 aliphatic carbocycles. The normalized spacial score (nSPS) is 31.9. The molecule has 1 unspecified atom stereocenters. The van der Waals surface area contributed by atoms with Crippen LogP contribution >= 0.6 is 0 Å². The highest BCUT2D eigenvalue weighted by molar-refractivity contribution is 4.74. The van der Waals surface area contributed by atoms with Crippen LogP contribution in [0.3, 0.4) is 0 Å². The van der Waals surface area contributed by atoms with Crippen LogP contribution in [0.25, 0.3) is 0 Å². The summed E-state index contributed by atoms with van der Waals surface area (Å²) < 4.78 is 5.77. The van der Waals surface area contributed by atoms with Gasteiger partial charge in [-0.05, 0) is 33.0 Å². The minimum Gasteiger partial charge on any atom is -0.374 e. The third kappa shape index (κ3) is 2.94. The molecule has 2 saturated heterocycles. The van der Waals surface area contributed by atoms with Gasteiger partial charge in [0.1, 0.15) is 0 Å². The van der Waals surface area contributed by atoms with E-state index in [1.807, 2.05) is 0 Å². The summed E-state index contributed by atoms with van der Waals surface area (Å²) in [6, 6.07) is 0. The fourth-order valence-electron chi connectivity index (χ4n) is 2.41. The smallest absolute Gasteiger partial charge is 0.0829 e. The highest BCUT2D eigenvalue weighted by Gasteiger charge is 2.21. The lowest BCUT2D eigenvalue weighted by Gasteiger charge is -2.35. The SMILES string of the molecule is CN1CCOC(CN2CCCCC2)C1. The van der Waals surface area contributed by atoms with Crippen LogP contribution in [-0.4, -0.2) is 62.3 Å². The molecule has 0 bridgehead atoms. The molecule has 0 aromatic rings. The molecule has 2 aliphatic rings. The number of nitrogens with zero attached hydrogens (tertiary/aromatic N) is 2. The predicted octanol–water partition coefficient (Wildman–Crippen LogP) is 0.803. The van der Waals surface area contributed by atoms with E-state index < -0.39 is 0 Å². The van der Waals surface area contributed by atoms with Crippen molar-refractivity contribution in [2.45, 2.75) is 25.4 Å². The van der Waals surface area contributed by atoms with Crippen molar-refractivity contribution in [2.24, 2.45) is 0 Å². The molecule has 0 aromatic carbocycles. The van der Waals surface area contributed by atoms with E-state index in [4.69, 9.17) is 4.74 Å². The Morgan fingerprint density at radius 1 is 1.14 bits per heavy atom. The Kier molecular flexibility index (Phi) is 3.79. The minimum absolute atomic E-state index is 0.451. The quantitative estimate of drug-likeness (QED) is 0.653. The summed E-state index contributed by atoms with van der Waals surface area (Å²) >= 11 is 0. The molecule has 2 heterocycles. The summed E-state index contributed by atoms with van der Waals surface area (Å²) in [6.45, 7) is 6.82. The first-order valence-electron chi connectivity index (χ1n) is 5.87. The number of rotatable bonds is 2. The lowest BCUT2D eigenvalue weighted by Crippen LogP contribution is -2.47. The maximum Gasteiger partial charge on any atom is 0.0829 e. The molecule has 0 N–H and O–H groups in total. The number of ether oxygens (including phenoxy) is 1. The van der Waals surface area contributed by atoms with E-state index in [2.05, 4.69) is 16.8 Å². The Hall–Kier alpha value is -0.120. The lowest BCUT2D eigenvalue weighted by atomic mass is 10.1. The average Bonchev–Trinajstić information content (AvgIpc) is 2.19. The Morgan fingerprint density at radius 3 is 2.64 bits per heavy atom.